The number of carbonyl (C=O) groups is 2. The summed E-state index contributed by atoms with van der Waals surface area (Å²) in [6.45, 7) is 0.448. The third-order valence-corrected chi connectivity index (χ3v) is 5.21. The second-order valence-corrected chi connectivity index (χ2v) is 7.06. The molecule has 0 radical (unpaired) electrons. The highest BCUT2D eigenvalue weighted by molar-refractivity contribution is 6.29. The van der Waals surface area contributed by atoms with Crippen LogP contribution in [0.3, 0.4) is 0 Å². The van der Waals surface area contributed by atoms with Crippen LogP contribution in [-0.2, 0) is 11.3 Å². The third-order valence-electron chi connectivity index (χ3n) is 5.21. The molecule has 0 fully saturated rings. The molecular formula is C25H22N2O4. The van der Waals surface area contributed by atoms with Gasteiger partial charge in [0, 0.05) is 17.8 Å². The topological polar surface area (TPSA) is 68.2 Å². The number of aliphatic imine (C=N–C) groups is 1. The van der Waals surface area contributed by atoms with E-state index in [0.29, 0.717) is 34.9 Å². The lowest BCUT2D eigenvalue weighted by molar-refractivity contribution is -0.118. The number of hydrogen-bond acceptors (Lipinski definition) is 5. The van der Waals surface area contributed by atoms with E-state index in [1.165, 1.54) is 14.2 Å². The summed E-state index contributed by atoms with van der Waals surface area (Å²) in [5.74, 6) is -0.549. The maximum absolute atomic E-state index is 13.5. The van der Waals surface area contributed by atoms with Gasteiger partial charge in [-0.1, -0.05) is 48.5 Å². The van der Waals surface area contributed by atoms with Crippen LogP contribution >= 0.6 is 0 Å². The fraction of sp³-hybridized carbons (Fsp3) is 0.160. The van der Waals surface area contributed by atoms with Crippen LogP contribution in [0.5, 0.6) is 11.5 Å². The van der Waals surface area contributed by atoms with Crippen molar-refractivity contribution in [3.05, 3.63) is 89.5 Å². The van der Waals surface area contributed by atoms with Gasteiger partial charge >= 0.3 is 0 Å². The van der Waals surface area contributed by atoms with Gasteiger partial charge in [-0.15, -0.1) is 0 Å². The number of hydrogen-bond donors (Lipinski definition) is 0. The minimum absolute atomic E-state index is 0.341. The number of imide groups is 1. The van der Waals surface area contributed by atoms with E-state index >= 15 is 0 Å². The smallest absolute Gasteiger partial charge is 0.265 e. The summed E-state index contributed by atoms with van der Waals surface area (Å²) >= 11 is 0. The van der Waals surface area contributed by atoms with Crippen LogP contribution in [0.4, 0.5) is 5.69 Å². The molecule has 0 aliphatic carbocycles. The highest BCUT2D eigenvalue weighted by atomic mass is 16.5. The maximum Gasteiger partial charge on any atom is 0.265 e. The van der Waals surface area contributed by atoms with Gasteiger partial charge in [0.05, 0.1) is 32.4 Å². The Hall–Kier alpha value is -3.93. The van der Waals surface area contributed by atoms with Crippen LogP contribution in [0.15, 0.2) is 77.8 Å². The van der Waals surface area contributed by atoms with Crippen molar-refractivity contribution in [2.75, 3.05) is 19.1 Å². The SMILES string of the molecule is COc1ccc(OC)c(N2C(=O)c3ccccc3[C@@H](C=NCc3ccccc3)C2=O)c1. The van der Waals surface area contributed by atoms with Crippen molar-refractivity contribution in [3.8, 4) is 11.5 Å². The van der Waals surface area contributed by atoms with Crippen LogP contribution in [0, 0.1) is 0 Å². The van der Waals surface area contributed by atoms with Crippen LogP contribution in [0.25, 0.3) is 0 Å². The van der Waals surface area contributed by atoms with Gasteiger partial charge < -0.3 is 9.47 Å². The van der Waals surface area contributed by atoms with Crippen molar-refractivity contribution in [2.24, 2.45) is 4.99 Å². The summed E-state index contributed by atoms with van der Waals surface area (Å²) in [5.41, 5.74) is 2.49. The van der Waals surface area contributed by atoms with E-state index < -0.39 is 11.8 Å². The second-order valence-electron chi connectivity index (χ2n) is 7.06. The number of methoxy groups -OCH3 is 2. The molecule has 1 heterocycles. The Balaban J connectivity index is 1.76. The largest absolute Gasteiger partial charge is 0.497 e. The number of fused-ring (bicyclic) bond motifs is 1. The first-order valence-corrected chi connectivity index (χ1v) is 9.87. The molecule has 0 aromatic heterocycles. The minimum atomic E-state index is -0.687. The Kier molecular flexibility index (Phi) is 5.80. The fourth-order valence-corrected chi connectivity index (χ4v) is 3.65. The van der Waals surface area contributed by atoms with Crippen molar-refractivity contribution in [2.45, 2.75) is 12.5 Å². The Morgan fingerprint density at radius 3 is 2.42 bits per heavy atom. The zero-order chi connectivity index (χ0) is 21.8. The lowest BCUT2D eigenvalue weighted by Gasteiger charge is -2.31. The quantitative estimate of drug-likeness (QED) is 0.447. The van der Waals surface area contributed by atoms with Crippen LogP contribution in [-0.4, -0.2) is 32.2 Å². The van der Waals surface area contributed by atoms with E-state index in [0.717, 1.165) is 10.5 Å². The van der Waals surface area contributed by atoms with Crippen molar-refractivity contribution in [1.82, 2.24) is 0 Å². The first-order valence-electron chi connectivity index (χ1n) is 9.87. The zero-order valence-electron chi connectivity index (χ0n) is 17.3. The van der Waals surface area contributed by atoms with Crippen molar-refractivity contribution < 1.29 is 19.1 Å². The Labute approximate surface area is 180 Å². The molecule has 1 atom stereocenters. The maximum atomic E-state index is 13.5. The highest BCUT2D eigenvalue weighted by Crippen LogP contribution is 2.38. The molecule has 6 nitrogen and oxygen atoms in total. The zero-order valence-corrected chi connectivity index (χ0v) is 17.3. The molecule has 0 unspecified atom stereocenters. The first kappa shape index (κ1) is 20.3. The van der Waals surface area contributed by atoms with Gasteiger partial charge in [-0.3, -0.25) is 14.6 Å². The Bertz CT molecular complexity index is 1140. The molecule has 1 aliphatic rings. The van der Waals surface area contributed by atoms with E-state index in [-0.39, 0.29) is 5.91 Å². The Morgan fingerprint density at radius 1 is 0.935 bits per heavy atom. The molecule has 0 saturated carbocycles. The number of nitrogens with zero attached hydrogens (tertiary/aromatic N) is 2. The number of anilines is 1. The van der Waals surface area contributed by atoms with Gasteiger partial charge in [-0.25, -0.2) is 4.90 Å². The molecule has 1 aliphatic heterocycles. The molecule has 6 heteroatoms. The monoisotopic (exact) mass is 414 g/mol. The van der Waals surface area contributed by atoms with Crippen molar-refractivity contribution >= 4 is 23.7 Å². The second kappa shape index (κ2) is 8.83. The fourth-order valence-electron chi connectivity index (χ4n) is 3.65. The lowest BCUT2D eigenvalue weighted by atomic mass is 9.88. The van der Waals surface area contributed by atoms with Crippen molar-refractivity contribution in [1.29, 1.82) is 0 Å². The molecule has 3 aromatic carbocycles. The normalized spacial score (nSPS) is 15.8. The predicted molar refractivity (Wildman–Crippen MR) is 119 cm³/mol. The predicted octanol–water partition coefficient (Wildman–Crippen LogP) is 4.25. The number of amides is 2. The molecule has 156 valence electrons. The van der Waals surface area contributed by atoms with Gasteiger partial charge in [0.25, 0.3) is 5.91 Å². The molecule has 4 rings (SSSR count). The minimum Gasteiger partial charge on any atom is -0.497 e. The van der Waals surface area contributed by atoms with E-state index in [1.54, 1.807) is 42.6 Å². The Morgan fingerprint density at radius 2 is 1.68 bits per heavy atom. The summed E-state index contributed by atoms with van der Waals surface area (Å²) in [6, 6.07) is 21.9. The molecule has 0 N–H and O–H groups in total. The third kappa shape index (κ3) is 3.92. The standard InChI is InChI=1S/C25H22N2O4/c1-30-18-12-13-23(31-2)22(14-18)27-24(28)20-11-7-6-10-19(20)21(25(27)29)16-26-15-17-8-4-3-5-9-17/h3-14,16,21H,15H2,1-2H3/t21-/m1/s1. The number of rotatable bonds is 6. The average molecular weight is 414 g/mol. The number of carbonyl (C=O) groups excluding carboxylic acids is 2. The van der Waals surface area contributed by atoms with Gasteiger partial charge in [0.1, 0.15) is 11.5 Å². The molecule has 0 spiro atoms. The summed E-state index contributed by atoms with van der Waals surface area (Å²) < 4.78 is 10.7. The van der Waals surface area contributed by atoms with E-state index in [9.17, 15) is 9.59 Å². The summed E-state index contributed by atoms with van der Waals surface area (Å²) in [4.78, 5) is 32.5. The van der Waals surface area contributed by atoms with Crippen molar-refractivity contribution in [3.63, 3.8) is 0 Å². The van der Waals surface area contributed by atoms with E-state index in [1.807, 2.05) is 36.4 Å². The van der Waals surface area contributed by atoms with Gasteiger partial charge in [0.2, 0.25) is 5.91 Å². The average Bonchev–Trinajstić information content (AvgIpc) is 2.82. The molecule has 2 amide bonds. The lowest BCUT2D eigenvalue weighted by Crippen LogP contribution is -2.45. The highest BCUT2D eigenvalue weighted by Gasteiger charge is 2.40. The van der Waals surface area contributed by atoms with Crippen LogP contribution in [0.2, 0.25) is 0 Å². The molecular weight excluding hydrogens is 392 g/mol. The van der Waals surface area contributed by atoms with E-state index in [2.05, 4.69) is 4.99 Å². The number of benzene rings is 3. The molecule has 0 bridgehead atoms. The summed E-state index contributed by atoms with van der Waals surface area (Å²) in [5, 5.41) is 0. The number of ether oxygens (including phenoxy) is 2. The van der Waals surface area contributed by atoms with Crippen LogP contribution < -0.4 is 14.4 Å². The molecule has 3 aromatic rings. The first-order chi connectivity index (χ1) is 15.1. The summed E-state index contributed by atoms with van der Waals surface area (Å²) in [6.07, 6.45) is 1.63. The molecule has 31 heavy (non-hydrogen) atoms. The van der Waals surface area contributed by atoms with Gasteiger partial charge in [-0.2, -0.15) is 0 Å². The van der Waals surface area contributed by atoms with Crippen LogP contribution in [0.1, 0.15) is 27.4 Å². The van der Waals surface area contributed by atoms with Gasteiger partial charge in [-0.05, 0) is 29.3 Å². The van der Waals surface area contributed by atoms with Gasteiger partial charge in [0.15, 0.2) is 0 Å². The summed E-state index contributed by atoms with van der Waals surface area (Å²) in [7, 11) is 3.02. The van der Waals surface area contributed by atoms with E-state index in [4.69, 9.17) is 9.47 Å². The molecule has 0 saturated heterocycles.